The first kappa shape index (κ1) is 9.49. The second-order valence-electron chi connectivity index (χ2n) is 3.10. The van der Waals surface area contributed by atoms with Gasteiger partial charge in [0.2, 0.25) is 0 Å². The fourth-order valence-corrected chi connectivity index (χ4v) is 1.16. The zero-order chi connectivity index (χ0) is 8.20. The zero-order valence-corrected chi connectivity index (χ0v) is 8.02. The molecule has 0 unspecified atom stereocenters. The van der Waals surface area contributed by atoms with Gasteiger partial charge in [0, 0.05) is 0 Å². The van der Waals surface area contributed by atoms with E-state index in [1.54, 1.807) is 6.92 Å². The smallest absolute Gasteiger partial charge is 0.399 e. The van der Waals surface area contributed by atoms with Crippen LogP contribution in [-0.2, 0) is 4.74 Å². The maximum atomic E-state index is 10.8. The highest BCUT2D eigenvalue weighted by Crippen LogP contribution is 1.94. The van der Waals surface area contributed by atoms with Gasteiger partial charge in [-0.2, -0.15) is 0 Å². The predicted molar refractivity (Wildman–Crippen MR) is 43.5 cm³/mol. The molecule has 0 aliphatic heterocycles. The predicted octanol–water partition coefficient (Wildman–Crippen LogP) is 1.57. The lowest BCUT2D eigenvalue weighted by Gasteiger charge is -2.16. The molecular formula is C6H15NO2Si. The van der Waals surface area contributed by atoms with Crippen molar-refractivity contribution in [3.8, 4) is 0 Å². The summed E-state index contributed by atoms with van der Waals surface area (Å²) in [4.78, 5) is 13.6. The number of ether oxygens (including phenoxy) is 1. The summed E-state index contributed by atoms with van der Waals surface area (Å²) >= 11 is 0. The van der Waals surface area contributed by atoms with Crippen LogP contribution in [0.4, 0.5) is 4.79 Å². The third-order valence-corrected chi connectivity index (χ3v) is 1.71. The lowest BCUT2D eigenvalue weighted by molar-refractivity contribution is 0.158. The van der Waals surface area contributed by atoms with Crippen LogP contribution in [0.1, 0.15) is 6.92 Å². The topological polar surface area (TPSA) is 38.3 Å². The van der Waals surface area contributed by atoms with Gasteiger partial charge in [-0.3, -0.25) is 0 Å². The molecule has 0 fully saturated rings. The summed E-state index contributed by atoms with van der Waals surface area (Å²) in [6.45, 7) is 8.37. The second-order valence-corrected chi connectivity index (χ2v) is 7.85. The van der Waals surface area contributed by atoms with E-state index in [9.17, 15) is 4.79 Å². The van der Waals surface area contributed by atoms with E-state index in [1.807, 2.05) is 19.6 Å². The van der Waals surface area contributed by atoms with E-state index < -0.39 is 8.24 Å². The molecule has 0 aromatic heterocycles. The molecule has 0 aromatic carbocycles. The summed E-state index contributed by atoms with van der Waals surface area (Å²) in [5, 5.41) is 0. The number of hydrogen-bond donors (Lipinski definition) is 1. The minimum atomic E-state index is -1.48. The lowest BCUT2D eigenvalue weighted by atomic mass is 10.9. The largest absolute Gasteiger partial charge is 0.450 e. The molecular weight excluding hydrogens is 146 g/mol. The summed E-state index contributed by atoms with van der Waals surface area (Å²) in [6, 6.07) is 0. The van der Waals surface area contributed by atoms with E-state index in [0.29, 0.717) is 6.61 Å². The Morgan fingerprint density at radius 1 is 1.50 bits per heavy atom. The van der Waals surface area contributed by atoms with Crippen LogP contribution in [0.5, 0.6) is 0 Å². The summed E-state index contributed by atoms with van der Waals surface area (Å²) in [6.07, 6.45) is -0.290. The van der Waals surface area contributed by atoms with Crippen molar-refractivity contribution in [2.45, 2.75) is 26.6 Å². The van der Waals surface area contributed by atoms with Crippen LogP contribution in [0.3, 0.4) is 0 Å². The molecule has 3 nitrogen and oxygen atoms in total. The summed E-state index contributed by atoms with van der Waals surface area (Å²) < 4.78 is 4.70. The van der Waals surface area contributed by atoms with E-state index in [0.717, 1.165) is 0 Å². The first-order valence-electron chi connectivity index (χ1n) is 3.40. The molecule has 0 aliphatic rings. The van der Waals surface area contributed by atoms with Crippen molar-refractivity contribution in [2.24, 2.45) is 0 Å². The van der Waals surface area contributed by atoms with Crippen LogP contribution in [0, 0.1) is 0 Å². The summed E-state index contributed by atoms with van der Waals surface area (Å²) in [5.41, 5.74) is 0. The van der Waals surface area contributed by atoms with Crippen LogP contribution >= 0.6 is 0 Å². The Morgan fingerprint density at radius 2 is 2.00 bits per heavy atom. The van der Waals surface area contributed by atoms with Gasteiger partial charge in [-0.05, 0) is 6.92 Å². The quantitative estimate of drug-likeness (QED) is 0.624. The van der Waals surface area contributed by atoms with Crippen molar-refractivity contribution in [1.29, 1.82) is 0 Å². The van der Waals surface area contributed by atoms with Crippen LogP contribution < -0.4 is 4.98 Å². The highest BCUT2D eigenvalue weighted by molar-refractivity contribution is 6.75. The minimum Gasteiger partial charge on any atom is -0.450 e. The number of rotatable bonds is 2. The van der Waals surface area contributed by atoms with E-state index in [-0.39, 0.29) is 6.09 Å². The van der Waals surface area contributed by atoms with Gasteiger partial charge in [0.25, 0.3) is 0 Å². The Kier molecular flexibility index (Phi) is 3.42. The Bertz CT molecular complexity index is 119. The Hall–Kier alpha value is -0.513. The fourth-order valence-electron chi connectivity index (χ4n) is 0.473. The van der Waals surface area contributed by atoms with Crippen molar-refractivity contribution in [3.05, 3.63) is 0 Å². The average Bonchev–Trinajstić information content (AvgIpc) is 1.59. The summed E-state index contributed by atoms with van der Waals surface area (Å²) in [7, 11) is -1.48. The Balaban J connectivity index is 3.58. The monoisotopic (exact) mass is 161 g/mol. The molecule has 0 saturated carbocycles. The molecule has 0 saturated heterocycles. The Morgan fingerprint density at radius 3 is 2.30 bits per heavy atom. The van der Waals surface area contributed by atoms with Gasteiger partial charge in [-0.1, -0.05) is 19.6 Å². The van der Waals surface area contributed by atoms with Gasteiger partial charge in [-0.25, -0.2) is 4.79 Å². The SMILES string of the molecule is CCOC(=O)N[Si](C)(C)C. The van der Waals surface area contributed by atoms with E-state index >= 15 is 0 Å². The second kappa shape index (κ2) is 3.61. The van der Waals surface area contributed by atoms with Gasteiger partial charge in [0.05, 0.1) is 6.61 Å². The molecule has 0 spiro atoms. The van der Waals surface area contributed by atoms with Crippen molar-refractivity contribution in [1.82, 2.24) is 4.98 Å². The fraction of sp³-hybridized carbons (Fsp3) is 0.833. The third-order valence-electron chi connectivity index (χ3n) is 0.752. The number of nitrogens with one attached hydrogen (secondary N) is 1. The molecule has 0 rings (SSSR count). The molecule has 60 valence electrons. The van der Waals surface area contributed by atoms with Crippen LogP contribution in [0.25, 0.3) is 0 Å². The van der Waals surface area contributed by atoms with Gasteiger partial charge in [0.15, 0.2) is 8.24 Å². The molecule has 0 atom stereocenters. The average molecular weight is 161 g/mol. The number of carbonyl (C=O) groups excluding carboxylic acids is 1. The van der Waals surface area contributed by atoms with Crippen LogP contribution in [0.15, 0.2) is 0 Å². The van der Waals surface area contributed by atoms with Gasteiger partial charge < -0.3 is 9.72 Å². The number of carbonyl (C=O) groups is 1. The highest BCUT2D eigenvalue weighted by Gasteiger charge is 2.16. The number of amides is 1. The van der Waals surface area contributed by atoms with Crippen molar-refractivity contribution in [3.63, 3.8) is 0 Å². The molecule has 0 heterocycles. The van der Waals surface area contributed by atoms with Crippen LogP contribution in [-0.4, -0.2) is 20.9 Å². The highest BCUT2D eigenvalue weighted by atomic mass is 28.3. The van der Waals surface area contributed by atoms with E-state index in [1.165, 1.54) is 0 Å². The zero-order valence-electron chi connectivity index (χ0n) is 7.02. The van der Waals surface area contributed by atoms with Crippen molar-refractivity contribution >= 4 is 14.3 Å². The summed E-state index contributed by atoms with van der Waals surface area (Å²) in [5.74, 6) is 0. The van der Waals surface area contributed by atoms with Crippen LogP contribution in [0.2, 0.25) is 19.6 Å². The van der Waals surface area contributed by atoms with Gasteiger partial charge in [-0.15, -0.1) is 0 Å². The minimum absolute atomic E-state index is 0.290. The van der Waals surface area contributed by atoms with Gasteiger partial charge >= 0.3 is 6.09 Å². The standard InChI is InChI=1S/C6H15NO2Si/c1-5-9-6(8)7-10(2,3)4/h5H2,1-4H3,(H,7,8). The molecule has 10 heavy (non-hydrogen) atoms. The first-order chi connectivity index (χ1) is 4.45. The normalized spacial score (nSPS) is 10.8. The maximum absolute atomic E-state index is 10.8. The van der Waals surface area contributed by atoms with E-state index in [2.05, 4.69) is 4.98 Å². The van der Waals surface area contributed by atoms with Crippen molar-refractivity contribution < 1.29 is 9.53 Å². The molecule has 0 bridgehead atoms. The number of hydrogen-bond acceptors (Lipinski definition) is 2. The molecule has 1 amide bonds. The maximum Gasteiger partial charge on any atom is 0.399 e. The molecule has 1 N–H and O–H groups in total. The van der Waals surface area contributed by atoms with Gasteiger partial charge in [0.1, 0.15) is 0 Å². The molecule has 4 heteroatoms. The molecule has 0 aromatic rings. The Labute approximate surface area is 62.8 Å². The first-order valence-corrected chi connectivity index (χ1v) is 6.90. The molecule has 0 aliphatic carbocycles. The van der Waals surface area contributed by atoms with Crippen molar-refractivity contribution in [2.75, 3.05) is 6.61 Å². The molecule has 0 radical (unpaired) electrons. The lowest BCUT2D eigenvalue weighted by Crippen LogP contribution is -2.45. The third kappa shape index (κ3) is 5.62. The van der Waals surface area contributed by atoms with E-state index in [4.69, 9.17) is 4.74 Å².